The molecule has 0 aromatic heterocycles. The quantitative estimate of drug-likeness (QED) is 0.142. The van der Waals surface area contributed by atoms with Crippen LogP contribution in [0.25, 0.3) is 0 Å². The van der Waals surface area contributed by atoms with Crippen LogP contribution in [0.5, 0.6) is 5.75 Å². The Kier molecular flexibility index (Phi) is 7.93. The van der Waals surface area contributed by atoms with Crippen molar-refractivity contribution in [3.8, 4) is 5.75 Å². The van der Waals surface area contributed by atoms with Gasteiger partial charge in [-0.2, -0.15) is 0 Å². The highest BCUT2D eigenvalue weighted by Crippen LogP contribution is 2.68. The number of fused-ring (bicyclic) bond motifs is 3. The van der Waals surface area contributed by atoms with Gasteiger partial charge in [-0.15, -0.1) is 0 Å². The molecule has 0 radical (unpaired) electrons. The molecule has 0 aliphatic carbocycles. The van der Waals surface area contributed by atoms with Gasteiger partial charge >= 0.3 is 11.9 Å². The highest BCUT2D eigenvalue weighted by Gasteiger charge is 2.76. The van der Waals surface area contributed by atoms with Gasteiger partial charge in [-0.1, -0.05) is 112 Å². The fourth-order valence-electron chi connectivity index (χ4n) is 5.89. The fraction of sp³-hybridized carbons (Fsp3) is 0.206. The summed E-state index contributed by atoms with van der Waals surface area (Å²) >= 11 is 3.42. The van der Waals surface area contributed by atoms with E-state index in [2.05, 4.69) is 35.0 Å². The summed E-state index contributed by atoms with van der Waals surface area (Å²) < 4.78 is 18.5. The number of hydrogen-bond donors (Lipinski definition) is 0. The molecule has 6 rings (SSSR count). The van der Waals surface area contributed by atoms with Crippen LogP contribution in [0.15, 0.2) is 114 Å². The predicted molar refractivity (Wildman–Crippen MR) is 157 cm³/mol. The van der Waals surface area contributed by atoms with Crippen LogP contribution in [0.3, 0.4) is 0 Å². The Morgan fingerprint density at radius 2 is 1.41 bits per heavy atom. The minimum atomic E-state index is -1.81. The second-order valence-electron chi connectivity index (χ2n) is 10.1. The molecule has 0 N–H and O–H groups in total. The Morgan fingerprint density at radius 1 is 0.829 bits per heavy atom. The van der Waals surface area contributed by atoms with Gasteiger partial charge in [0.15, 0.2) is 16.8 Å². The van der Waals surface area contributed by atoms with E-state index in [1.807, 2.05) is 24.3 Å². The van der Waals surface area contributed by atoms with Gasteiger partial charge in [-0.05, 0) is 43.2 Å². The number of esters is 2. The lowest BCUT2D eigenvalue weighted by atomic mass is 9.59. The Balaban J connectivity index is 0.000000423. The maximum absolute atomic E-state index is 13.8. The highest BCUT2D eigenvalue weighted by atomic mass is 79.9. The van der Waals surface area contributed by atoms with Crippen LogP contribution in [0.2, 0.25) is 0 Å². The molecule has 4 aromatic carbocycles. The predicted octanol–water partition coefficient (Wildman–Crippen LogP) is 6.86. The number of halogens is 1. The third-order valence-corrected chi connectivity index (χ3v) is 8.27. The first-order valence-electron chi connectivity index (χ1n) is 13.2. The smallest absolute Gasteiger partial charge is 0.343 e. The number of ether oxygens (including phenoxy) is 3. The molecule has 208 valence electrons. The lowest BCUT2D eigenvalue weighted by Gasteiger charge is -2.41. The molecular formula is C34H29BrO6. The number of ketones is 1. The van der Waals surface area contributed by atoms with Crippen molar-refractivity contribution in [1.29, 1.82) is 0 Å². The van der Waals surface area contributed by atoms with Gasteiger partial charge in [0.1, 0.15) is 11.9 Å². The summed E-state index contributed by atoms with van der Waals surface area (Å²) in [6.07, 6.45) is -1.09. The summed E-state index contributed by atoms with van der Waals surface area (Å²) in [7, 11) is 1.27. The summed E-state index contributed by atoms with van der Waals surface area (Å²) in [5, 5.41) is 0. The molecule has 1 fully saturated rings. The molecule has 4 atom stereocenters. The summed E-state index contributed by atoms with van der Waals surface area (Å²) in [6, 6.07) is 33.2. The molecule has 7 heteroatoms. The topological polar surface area (TPSA) is 78.9 Å². The minimum absolute atomic E-state index is 0.290. The first kappa shape index (κ1) is 28.5. The molecule has 4 aromatic rings. The Bertz CT molecular complexity index is 1570. The largest absolute Gasteiger partial charge is 0.467 e. The molecule has 0 bridgehead atoms. The fourth-order valence-corrected chi connectivity index (χ4v) is 6.16. The maximum atomic E-state index is 13.8. The summed E-state index contributed by atoms with van der Waals surface area (Å²) in [5.74, 6) is -2.62. The second kappa shape index (κ2) is 11.4. The molecular weight excluding hydrogens is 584 g/mol. The first-order valence-corrected chi connectivity index (χ1v) is 14.0. The third-order valence-electron chi connectivity index (χ3n) is 7.74. The number of Topliss-reactive ketones (excluding diaryl/α,β-unsaturated/α-hetero) is 1. The highest BCUT2D eigenvalue weighted by molar-refractivity contribution is 9.10. The van der Waals surface area contributed by atoms with E-state index in [0.29, 0.717) is 22.4 Å². The van der Waals surface area contributed by atoms with Gasteiger partial charge in [0.25, 0.3) is 0 Å². The Hall–Kier alpha value is -4.07. The number of methoxy groups -OCH3 is 1. The molecule has 0 amide bonds. The second-order valence-corrected chi connectivity index (χ2v) is 11.0. The average molecular weight is 614 g/mol. The lowest BCUT2D eigenvalue weighted by Crippen LogP contribution is -2.53. The average Bonchev–Trinajstić information content (AvgIpc) is 3.33. The van der Waals surface area contributed by atoms with Crippen LogP contribution in [-0.2, 0) is 29.5 Å². The third kappa shape index (κ3) is 4.69. The monoisotopic (exact) mass is 612 g/mol. The Morgan fingerprint density at radius 3 is 1.98 bits per heavy atom. The van der Waals surface area contributed by atoms with Crippen LogP contribution < -0.4 is 4.74 Å². The number of hydrogen-bond acceptors (Lipinski definition) is 6. The molecule has 2 aliphatic heterocycles. The minimum Gasteiger partial charge on any atom is -0.467 e. The van der Waals surface area contributed by atoms with Crippen molar-refractivity contribution in [2.75, 3.05) is 7.11 Å². The number of aryl methyl sites for hydroxylation is 1. The summed E-state index contributed by atoms with van der Waals surface area (Å²) in [4.78, 5) is 41.0. The maximum Gasteiger partial charge on any atom is 0.343 e. The molecule has 1 saturated heterocycles. The van der Waals surface area contributed by atoms with E-state index >= 15 is 0 Å². The van der Waals surface area contributed by atoms with Gasteiger partial charge in [0.2, 0.25) is 0 Å². The van der Waals surface area contributed by atoms with Gasteiger partial charge < -0.3 is 14.2 Å². The number of rotatable bonds is 4. The van der Waals surface area contributed by atoms with Gasteiger partial charge in [-0.25, -0.2) is 4.79 Å². The normalized spacial score (nSPS) is 24.1. The molecule has 2 heterocycles. The standard InChI is InChI=1S/C27H21BrO6.C7H8/c1-16(29)26-22(20-10-6-7-11-21(20)33-24(26)30)27(25(31)32-2,18-8-4-3-5-9-18)34-23(26)17-12-14-19(28)15-13-17;1-7-5-3-2-4-6-7/h3-15,22-23H,1-2H3;2-6H,1H3/t22-,23-,26+,27+;/m0./s1. The van der Waals surface area contributed by atoms with E-state index in [9.17, 15) is 14.4 Å². The molecule has 6 nitrogen and oxygen atoms in total. The van der Waals surface area contributed by atoms with Crippen molar-refractivity contribution in [3.05, 3.63) is 136 Å². The van der Waals surface area contributed by atoms with Crippen LogP contribution in [0, 0.1) is 12.3 Å². The van der Waals surface area contributed by atoms with Crippen LogP contribution in [0.1, 0.15) is 41.2 Å². The van der Waals surface area contributed by atoms with Crippen LogP contribution >= 0.6 is 15.9 Å². The van der Waals surface area contributed by atoms with E-state index in [4.69, 9.17) is 14.2 Å². The molecule has 0 saturated carbocycles. The van der Waals surface area contributed by atoms with E-state index in [-0.39, 0.29) is 0 Å². The number of carbonyl (C=O) groups is 3. The van der Waals surface area contributed by atoms with Crippen molar-refractivity contribution in [2.45, 2.75) is 31.5 Å². The van der Waals surface area contributed by atoms with E-state index in [1.54, 1.807) is 72.8 Å². The first-order chi connectivity index (χ1) is 19.8. The zero-order chi connectivity index (χ0) is 29.2. The molecule has 0 unspecified atom stereocenters. The van der Waals surface area contributed by atoms with Crippen molar-refractivity contribution in [3.63, 3.8) is 0 Å². The zero-order valence-corrected chi connectivity index (χ0v) is 24.5. The van der Waals surface area contributed by atoms with Gasteiger partial charge in [0, 0.05) is 10.0 Å². The number of benzene rings is 4. The van der Waals surface area contributed by atoms with Crippen LogP contribution in [0.4, 0.5) is 0 Å². The molecule has 41 heavy (non-hydrogen) atoms. The zero-order valence-electron chi connectivity index (χ0n) is 22.9. The van der Waals surface area contributed by atoms with E-state index in [0.717, 1.165) is 4.47 Å². The molecule has 2 aliphatic rings. The van der Waals surface area contributed by atoms with Crippen LogP contribution in [-0.4, -0.2) is 24.8 Å². The van der Waals surface area contributed by atoms with E-state index < -0.39 is 40.8 Å². The van der Waals surface area contributed by atoms with Crippen molar-refractivity contribution in [2.24, 2.45) is 5.41 Å². The SMILES string of the molecule is COC(=O)[C@]1(c2ccccc2)O[C@@H](c2ccc(Br)cc2)[C@]2(C(C)=O)C(=O)Oc3ccccc3[C@@H]21.Cc1ccccc1. The van der Waals surface area contributed by atoms with Crippen molar-refractivity contribution < 1.29 is 28.6 Å². The molecule has 0 spiro atoms. The summed E-state index contributed by atoms with van der Waals surface area (Å²) in [5.41, 5.74) is -0.669. The number of carbonyl (C=O) groups excluding carboxylic acids is 3. The van der Waals surface area contributed by atoms with Crippen molar-refractivity contribution >= 4 is 33.7 Å². The van der Waals surface area contributed by atoms with Crippen molar-refractivity contribution in [1.82, 2.24) is 0 Å². The van der Waals surface area contributed by atoms with E-state index in [1.165, 1.54) is 19.6 Å². The number of para-hydroxylation sites is 1. The van der Waals surface area contributed by atoms with Gasteiger partial charge in [0.05, 0.1) is 13.0 Å². The summed E-state index contributed by atoms with van der Waals surface area (Å²) in [6.45, 7) is 3.43. The lowest BCUT2D eigenvalue weighted by molar-refractivity contribution is -0.172. The van der Waals surface area contributed by atoms with Gasteiger partial charge in [-0.3, -0.25) is 9.59 Å². The Labute approximate surface area is 247 Å².